The Morgan fingerprint density at radius 3 is 2.95 bits per heavy atom. The Labute approximate surface area is 133 Å². The SMILES string of the molecule is O=C(NS(=O)(=O)CC1CCCCO1)c1cc2c(s1)CCOC2. The minimum Gasteiger partial charge on any atom is -0.377 e. The van der Waals surface area contributed by atoms with Crippen molar-refractivity contribution in [3.63, 3.8) is 0 Å². The number of carbonyl (C=O) groups excluding carboxylic acids is 1. The number of fused-ring (bicyclic) bond motifs is 1. The van der Waals surface area contributed by atoms with Gasteiger partial charge in [-0.1, -0.05) is 0 Å². The first kappa shape index (κ1) is 15.9. The second-order valence-corrected chi connectivity index (χ2v) is 8.47. The second-order valence-electron chi connectivity index (χ2n) is 5.56. The molecule has 0 aromatic carbocycles. The van der Waals surface area contributed by atoms with Gasteiger partial charge in [0.25, 0.3) is 5.91 Å². The van der Waals surface area contributed by atoms with Gasteiger partial charge in [-0.25, -0.2) is 13.1 Å². The number of rotatable bonds is 4. The summed E-state index contributed by atoms with van der Waals surface area (Å²) in [6.07, 6.45) is 3.11. The molecular weight excluding hydrogens is 326 g/mol. The van der Waals surface area contributed by atoms with E-state index in [0.29, 0.717) is 24.7 Å². The first-order valence-electron chi connectivity index (χ1n) is 7.39. The second kappa shape index (κ2) is 6.66. The van der Waals surface area contributed by atoms with E-state index >= 15 is 0 Å². The zero-order valence-corrected chi connectivity index (χ0v) is 13.8. The first-order chi connectivity index (χ1) is 10.5. The molecule has 0 aliphatic carbocycles. The molecule has 3 rings (SSSR count). The van der Waals surface area contributed by atoms with Crippen LogP contribution in [0.15, 0.2) is 6.07 Å². The van der Waals surface area contributed by atoms with Gasteiger partial charge < -0.3 is 9.47 Å². The fourth-order valence-corrected chi connectivity index (χ4v) is 5.01. The van der Waals surface area contributed by atoms with Crippen molar-refractivity contribution in [3.8, 4) is 0 Å². The molecule has 6 nitrogen and oxygen atoms in total. The average molecular weight is 345 g/mol. The number of hydrogen-bond acceptors (Lipinski definition) is 6. The van der Waals surface area contributed by atoms with Gasteiger partial charge in [-0.2, -0.15) is 0 Å². The number of nitrogens with one attached hydrogen (secondary N) is 1. The minimum atomic E-state index is -3.68. The van der Waals surface area contributed by atoms with E-state index in [1.54, 1.807) is 6.07 Å². The third-order valence-electron chi connectivity index (χ3n) is 3.78. The third-order valence-corrected chi connectivity index (χ3v) is 6.32. The Hall–Kier alpha value is -0.960. The van der Waals surface area contributed by atoms with Crippen molar-refractivity contribution in [1.29, 1.82) is 0 Å². The third kappa shape index (κ3) is 3.87. The monoisotopic (exact) mass is 345 g/mol. The highest BCUT2D eigenvalue weighted by atomic mass is 32.2. The van der Waals surface area contributed by atoms with Crippen molar-refractivity contribution in [2.75, 3.05) is 19.0 Å². The molecule has 8 heteroatoms. The van der Waals surface area contributed by atoms with Crippen LogP contribution < -0.4 is 4.72 Å². The van der Waals surface area contributed by atoms with E-state index in [9.17, 15) is 13.2 Å². The highest BCUT2D eigenvalue weighted by Gasteiger charge is 2.25. The maximum absolute atomic E-state index is 12.2. The summed E-state index contributed by atoms with van der Waals surface area (Å²) in [6, 6.07) is 1.72. The summed E-state index contributed by atoms with van der Waals surface area (Å²) >= 11 is 1.34. The van der Waals surface area contributed by atoms with Crippen molar-refractivity contribution < 1.29 is 22.7 Å². The van der Waals surface area contributed by atoms with Crippen LogP contribution >= 0.6 is 11.3 Å². The number of thiophene rings is 1. The summed E-state index contributed by atoms with van der Waals surface area (Å²) in [4.78, 5) is 13.7. The predicted molar refractivity (Wildman–Crippen MR) is 82.5 cm³/mol. The highest BCUT2D eigenvalue weighted by molar-refractivity contribution is 7.90. The average Bonchev–Trinajstić information content (AvgIpc) is 2.91. The molecule has 0 radical (unpaired) electrons. The van der Waals surface area contributed by atoms with E-state index in [1.807, 2.05) is 0 Å². The minimum absolute atomic E-state index is 0.160. The van der Waals surface area contributed by atoms with Crippen LogP contribution in [0.2, 0.25) is 0 Å². The predicted octanol–water partition coefficient (Wildman–Crippen LogP) is 1.45. The van der Waals surface area contributed by atoms with Crippen molar-refractivity contribution >= 4 is 27.3 Å². The Kier molecular flexibility index (Phi) is 4.82. The Morgan fingerprint density at radius 2 is 2.23 bits per heavy atom. The quantitative estimate of drug-likeness (QED) is 0.893. The van der Waals surface area contributed by atoms with Crippen molar-refractivity contribution in [3.05, 3.63) is 21.4 Å². The van der Waals surface area contributed by atoms with Crippen LogP contribution in [-0.4, -0.2) is 39.4 Å². The molecule has 122 valence electrons. The molecule has 2 aliphatic heterocycles. The van der Waals surface area contributed by atoms with E-state index in [-0.39, 0.29) is 11.9 Å². The van der Waals surface area contributed by atoms with E-state index < -0.39 is 15.9 Å². The molecule has 1 N–H and O–H groups in total. The summed E-state index contributed by atoms with van der Waals surface area (Å²) in [5, 5.41) is 0. The summed E-state index contributed by atoms with van der Waals surface area (Å²) in [5.41, 5.74) is 0.981. The number of amides is 1. The lowest BCUT2D eigenvalue weighted by molar-refractivity contribution is 0.0304. The highest BCUT2D eigenvalue weighted by Crippen LogP contribution is 2.27. The van der Waals surface area contributed by atoms with Crippen LogP contribution in [0, 0.1) is 0 Å². The van der Waals surface area contributed by atoms with Gasteiger partial charge in [0, 0.05) is 17.9 Å². The molecule has 1 amide bonds. The Bertz CT molecular complexity index is 623. The Morgan fingerprint density at radius 1 is 1.36 bits per heavy atom. The molecule has 2 aliphatic rings. The van der Waals surface area contributed by atoms with E-state index in [1.165, 1.54) is 11.3 Å². The van der Waals surface area contributed by atoms with Crippen LogP contribution in [-0.2, 0) is 32.5 Å². The van der Waals surface area contributed by atoms with Crippen molar-refractivity contribution in [1.82, 2.24) is 4.72 Å². The van der Waals surface area contributed by atoms with Crippen LogP contribution in [0.4, 0.5) is 0 Å². The van der Waals surface area contributed by atoms with Crippen LogP contribution in [0.3, 0.4) is 0 Å². The largest absolute Gasteiger partial charge is 0.377 e. The molecule has 0 bridgehead atoms. The zero-order valence-electron chi connectivity index (χ0n) is 12.2. The number of ether oxygens (including phenoxy) is 2. The standard InChI is InChI=1S/C14H19NO5S2/c16-14(13-7-10-8-19-6-4-12(10)21-13)15-22(17,18)9-11-3-1-2-5-20-11/h7,11H,1-6,8-9H2,(H,15,16). The summed E-state index contributed by atoms with van der Waals surface area (Å²) in [5.74, 6) is -0.720. The summed E-state index contributed by atoms with van der Waals surface area (Å²) in [6.45, 7) is 1.72. The number of hydrogen-bond donors (Lipinski definition) is 1. The topological polar surface area (TPSA) is 81.7 Å². The van der Waals surface area contributed by atoms with Crippen molar-refractivity contribution in [2.45, 2.75) is 38.4 Å². The molecule has 0 saturated carbocycles. The number of sulfonamides is 1. The number of carbonyl (C=O) groups is 1. The lowest BCUT2D eigenvalue weighted by Gasteiger charge is -2.22. The van der Waals surface area contributed by atoms with E-state index in [4.69, 9.17) is 9.47 Å². The molecule has 0 spiro atoms. The molecule has 1 atom stereocenters. The van der Waals surface area contributed by atoms with Crippen LogP contribution in [0.1, 0.15) is 39.4 Å². The van der Waals surface area contributed by atoms with Gasteiger partial charge in [0.05, 0.1) is 29.9 Å². The molecule has 1 fully saturated rings. The van der Waals surface area contributed by atoms with Gasteiger partial charge in [0.15, 0.2) is 0 Å². The lowest BCUT2D eigenvalue weighted by Crippen LogP contribution is -2.38. The molecule has 22 heavy (non-hydrogen) atoms. The maximum Gasteiger partial charge on any atom is 0.274 e. The van der Waals surface area contributed by atoms with Gasteiger partial charge in [0.2, 0.25) is 10.0 Å². The molecule has 1 aromatic rings. The first-order valence-corrected chi connectivity index (χ1v) is 9.86. The van der Waals surface area contributed by atoms with Crippen LogP contribution in [0.25, 0.3) is 0 Å². The van der Waals surface area contributed by atoms with Gasteiger partial charge >= 0.3 is 0 Å². The maximum atomic E-state index is 12.2. The van der Waals surface area contributed by atoms with E-state index in [2.05, 4.69) is 4.72 Å². The fraction of sp³-hybridized carbons (Fsp3) is 0.643. The van der Waals surface area contributed by atoms with Crippen LogP contribution in [0.5, 0.6) is 0 Å². The lowest BCUT2D eigenvalue weighted by atomic mass is 10.1. The normalized spacial score (nSPS) is 22.1. The Balaban J connectivity index is 1.63. The summed E-state index contributed by atoms with van der Waals surface area (Å²) < 4.78 is 37.1. The molecule has 1 unspecified atom stereocenters. The molecule has 1 aromatic heterocycles. The molecular formula is C14H19NO5S2. The molecule has 1 saturated heterocycles. The molecule has 3 heterocycles. The summed E-state index contributed by atoms with van der Waals surface area (Å²) in [7, 11) is -3.68. The smallest absolute Gasteiger partial charge is 0.274 e. The van der Waals surface area contributed by atoms with Gasteiger partial charge in [0.1, 0.15) is 0 Å². The van der Waals surface area contributed by atoms with Gasteiger partial charge in [-0.05, 0) is 30.9 Å². The fourth-order valence-electron chi connectivity index (χ4n) is 2.68. The van der Waals surface area contributed by atoms with Gasteiger partial charge in [-0.3, -0.25) is 4.79 Å². The zero-order chi connectivity index (χ0) is 15.6. The van der Waals surface area contributed by atoms with Gasteiger partial charge in [-0.15, -0.1) is 11.3 Å². The van der Waals surface area contributed by atoms with Crippen molar-refractivity contribution in [2.24, 2.45) is 0 Å². The van der Waals surface area contributed by atoms with E-state index in [0.717, 1.165) is 36.1 Å².